The van der Waals surface area contributed by atoms with Gasteiger partial charge in [0, 0.05) is 54.7 Å². The Hall–Kier alpha value is -8.35. The van der Waals surface area contributed by atoms with Gasteiger partial charge < -0.3 is 80.3 Å². The highest BCUT2D eigenvalue weighted by Crippen LogP contribution is 2.20. The Morgan fingerprint density at radius 1 is 0.577 bits per heavy atom. The first kappa shape index (κ1) is 60.5. The van der Waals surface area contributed by atoms with Crippen LogP contribution in [0.3, 0.4) is 0 Å². The number of phenolic OH excluding ortho intramolecular Hbond substituents is 2. The Balaban J connectivity index is 1.35. The molecular weight excluding hydrogens is 1000 g/mol. The molecular formula is C54H74N14O10. The van der Waals surface area contributed by atoms with Crippen molar-refractivity contribution in [3.63, 3.8) is 0 Å². The number of aromatic nitrogens is 3. The van der Waals surface area contributed by atoms with Crippen LogP contribution in [-0.4, -0.2) is 134 Å². The number of H-pyrrole nitrogens is 2. The van der Waals surface area contributed by atoms with Crippen molar-refractivity contribution >= 4 is 58.2 Å². The molecule has 0 aliphatic heterocycles. The summed E-state index contributed by atoms with van der Waals surface area (Å²) in [5, 5.41) is 39.4. The van der Waals surface area contributed by atoms with Gasteiger partial charge in [-0.25, -0.2) is 4.98 Å². The minimum Gasteiger partial charge on any atom is -0.508 e. The lowest BCUT2D eigenvalue weighted by molar-refractivity contribution is -0.134. The minimum absolute atomic E-state index is 0.0150. The van der Waals surface area contributed by atoms with Gasteiger partial charge in [-0.05, 0) is 105 Å². The van der Waals surface area contributed by atoms with E-state index in [1.807, 2.05) is 24.3 Å². The van der Waals surface area contributed by atoms with Crippen LogP contribution in [0, 0.1) is 5.92 Å². The highest BCUT2D eigenvalue weighted by molar-refractivity contribution is 5.97. The van der Waals surface area contributed by atoms with Crippen molar-refractivity contribution in [3.8, 4) is 11.5 Å². The molecule has 0 bridgehead atoms. The zero-order valence-corrected chi connectivity index (χ0v) is 43.9. The Kier molecular flexibility index (Phi) is 23.6. The van der Waals surface area contributed by atoms with Gasteiger partial charge in [0.25, 0.3) is 0 Å². The van der Waals surface area contributed by atoms with Crippen molar-refractivity contribution < 1.29 is 48.6 Å². The number of hydrogen-bond acceptors (Lipinski definition) is 14. The largest absolute Gasteiger partial charge is 0.508 e. The molecule has 0 radical (unpaired) electrons. The second-order valence-corrected chi connectivity index (χ2v) is 19.5. The van der Waals surface area contributed by atoms with Crippen LogP contribution >= 0.6 is 0 Å². The van der Waals surface area contributed by atoms with E-state index in [4.69, 9.17) is 22.9 Å². The molecule has 2 heterocycles. The van der Waals surface area contributed by atoms with Crippen LogP contribution in [0.1, 0.15) is 74.8 Å². The minimum atomic E-state index is -1.34. The third-order valence-corrected chi connectivity index (χ3v) is 13.0. The Morgan fingerprint density at radius 3 is 1.60 bits per heavy atom. The number of imidazole rings is 1. The molecule has 24 nitrogen and oxygen atoms in total. The number of nitrogens with zero attached hydrogens (tertiary/aromatic N) is 1. The summed E-state index contributed by atoms with van der Waals surface area (Å²) in [6.45, 7) is 3.29. The van der Waals surface area contributed by atoms with E-state index in [1.54, 1.807) is 44.3 Å². The van der Waals surface area contributed by atoms with Gasteiger partial charge in [0.05, 0.1) is 18.9 Å². The molecule has 5 aromatic rings. The number of para-hydroxylation sites is 1. The van der Waals surface area contributed by atoms with E-state index < -0.39 is 96.1 Å². The van der Waals surface area contributed by atoms with E-state index in [9.17, 15) is 48.6 Å². The topological polar surface area (TPSA) is 410 Å². The number of unbranched alkanes of at least 4 members (excludes halogenated alkanes) is 2. The quantitative estimate of drug-likeness (QED) is 0.0238. The van der Waals surface area contributed by atoms with Crippen LogP contribution in [0.15, 0.2) is 91.5 Å². The van der Waals surface area contributed by atoms with Crippen molar-refractivity contribution in [1.82, 2.24) is 52.2 Å². The van der Waals surface area contributed by atoms with Crippen LogP contribution in [-0.2, 0) is 64.0 Å². The normalized spacial score (nSPS) is 13.9. The molecule has 0 saturated heterocycles. The number of carbonyl (C=O) groups is 8. The zero-order valence-electron chi connectivity index (χ0n) is 43.9. The first-order chi connectivity index (χ1) is 37.3. The van der Waals surface area contributed by atoms with E-state index in [0.29, 0.717) is 48.1 Å². The predicted molar refractivity (Wildman–Crippen MR) is 290 cm³/mol. The highest BCUT2D eigenvalue weighted by Gasteiger charge is 2.33. The SMILES string of the molecule is CC(C)[C@H](NC(=O)[C@H](Cc1ccc(O)cc1)NC(=O)[C@H](CCCCN)NC(=O)CNC(=O)[C@H](Cc1c[nH]c2ccccc12)NC(=O)[C@H](CCCCN)NC(=O)[C@H](Cc1ccc(O)cc1)NC(=O)[C@@H](N)Cc1cnc[nH]1)C(N)=O. The number of nitrogens with one attached hydrogen (secondary N) is 9. The number of rotatable bonds is 32. The lowest BCUT2D eigenvalue weighted by Crippen LogP contribution is -2.59. The molecule has 0 spiro atoms. The number of primary amides is 1. The maximum atomic E-state index is 14.5. The summed E-state index contributed by atoms with van der Waals surface area (Å²) in [5.74, 6) is -6.41. The van der Waals surface area contributed by atoms with Gasteiger partial charge in [0.2, 0.25) is 47.3 Å². The van der Waals surface area contributed by atoms with Crippen LogP contribution in [0.4, 0.5) is 0 Å². The summed E-state index contributed by atoms with van der Waals surface area (Å²) in [7, 11) is 0. The van der Waals surface area contributed by atoms with Crippen molar-refractivity contribution in [2.45, 2.75) is 120 Å². The average Bonchev–Trinajstić information content (AvgIpc) is 4.10. The van der Waals surface area contributed by atoms with Gasteiger partial charge in [-0.15, -0.1) is 0 Å². The van der Waals surface area contributed by atoms with E-state index in [-0.39, 0.29) is 69.0 Å². The summed E-state index contributed by atoms with van der Waals surface area (Å²) in [5.41, 5.74) is 26.5. The van der Waals surface area contributed by atoms with E-state index >= 15 is 0 Å². The zero-order chi connectivity index (χ0) is 56.7. The Bertz CT molecular complexity index is 2770. The average molecular weight is 1080 g/mol. The van der Waals surface area contributed by atoms with Crippen molar-refractivity contribution in [1.29, 1.82) is 0 Å². The maximum Gasteiger partial charge on any atom is 0.243 e. The van der Waals surface area contributed by atoms with Gasteiger partial charge in [0.1, 0.15) is 47.8 Å². The summed E-state index contributed by atoms with van der Waals surface area (Å²) in [4.78, 5) is 120. The third kappa shape index (κ3) is 19.0. The van der Waals surface area contributed by atoms with Gasteiger partial charge in [-0.3, -0.25) is 38.4 Å². The summed E-state index contributed by atoms with van der Waals surface area (Å²) >= 11 is 0. The lowest BCUT2D eigenvalue weighted by atomic mass is 10.0. The van der Waals surface area contributed by atoms with Crippen molar-refractivity contribution in [2.24, 2.45) is 28.9 Å². The number of carbonyl (C=O) groups excluding carboxylic acids is 8. The molecule has 420 valence electrons. The van der Waals surface area contributed by atoms with Crippen LogP contribution < -0.4 is 60.2 Å². The van der Waals surface area contributed by atoms with Gasteiger partial charge >= 0.3 is 0 Å². The lowest BCUT2D eigenvalue weighted by Gasteiger charge is -2.26. The van der Waals surface area contributed by atoms with Crippen molar-refractivity contribution in [3.05, 3.63) is 114 Å². The van der Waals surface area contributed by atoms with Gasteiger partial charge in [-0.2, -0.15) is 0 Å². The molecule has 7 atom stereocenters. The highest BCUT2D eigenvalue weighted by atomic mass is 16.3. The van der Waals surface area contributed by atoms with Crippen molar-refractivity contribution in [2.75, 3.05) is 19.6 Å². The maximum absolute atomic E-state index is 14.5. The smallest absolute Gasteiger partial charge is 0.243 e. The number of benzene rings is 3. The first-order valence-electron chi connectivity index (χ1n) is 26.0. The number of aromatic hydroxyl groups is 2. The second kappa shape index (κ2) is 30.4. The molecule has 3 aromatic carbocycles. The molecule has 0 saturated carbocycles. The fourth-order valence-corrected chi connectivity index (χ4v) is 8.58. The van der Waals surface area contributed by atoms with E-state index in [2.05, 4.69) is 52.2 Å². The number of nitrogens with two attached hydrogens (primary N) is 4. The molecule has 5 rings (SSSR count). The Labute approximate surface area is 451 Å². The number of phenols is 2. The molecule has 0 unspecified atom stereocenters. The number of aromatic amines is 2. The van der Waals surface area contributed by atoms with E-state index in [0.717, 1.165) is 10.9 Å². The molecule has 0 aliphatic carbocycles. The van der Waals surface area contributed by atoms with Gasteiger partial charge in [-0.1, -0.05) is 56.3 Å². The Morgan fingerprint density at radius 2 is 1.08 bits per heavy atom. The molecule has 78 heavy (non-hydrogen) atoms. The molecule has 0 aliphatic rings. The monoisotopic (exact) mass is 1080 g/mol. The molecule has 2 aromatic heterocycles. The standard InChI is InChI=1S/C54H74N14O10/c1-31(2)47(48(58)72)68-54(78)44(24-33-15-19-37(70)20-16-33)66-51(75)41(11-5-7-21-55)63-46(71)29-61-50(74)45(25-34-27-60-40-10-4-3-9-38(34)40)67-52(76)42(12-6-8-22-56)64-53(77)43(23-32-13-17-36(69)18-14-32)65-49(73)39(57)26-35-28-59-30-62-35/h3-4,9-10,13-20,27-28,30-31,39,41-45,47,60,69-70H,5-8,11-12,21-26,29,55-57H2,1-2H3,(H2,58,72)(H,59,62)(H,61,74)(H,63,71)(H,64,77)(H,65,73)(H,66,75)(H,67,76)(H,68,78)/t39-,41-,42-,43-,44-,45-,47-/m0/s1. The first-order valence-corrected chi connectivity index (χ1v) is 26.0. The molecule has 8 amide bonds. The summed E-state index contributed by atoms with van der Waals surface area (Å²) in [6.07, 6.45) is 6.42. The molecule has 0 fully saturated rings. The third-order valence-electron chi connectivity index (χ3n) is 13.0. The van der Waals surface area contributed by atoms with Gasteiger partial charge in [0.15, 0.2) is 0 Å². The van der Waals surface area contributed by atoms with Crippen LogP contribution in [0.2, 0.25) is 0 Å². The van der Waals surface area contributed by atoms with E-state index in [1.165, 1.54) is 36.8 Å². The number of fused-ring (bicyclic) bond motifs is 1. The predicted octanol–water partition coefficient (Wildman–Crippen LogP) is -0.676. The second-order valence-electron chi connectivity index (χ2n) is 19.5. The molecule has 19 N–H and O–H groups in total. The van der Waals surface area contributed by atoms with Crippen LogP contribution in [0.5, 0.6) is 11.5 Å². The summed E-state index contributed by atoms with van der Waals surface area (Å²) in [6, 6.07) is 10.8. The fraction of sp³-hybridized carbons (Fsp3) is 0.426. The molecule has 24 heteroatoms. The number of hydrogen-bond donors (Lipinski definition) is 15. The fourth-order valence-electron chi connectivity index (χ4n) is 8.58. The number of amides is 8. The summed E-state index contributed by atoms with van der Waals surface area (Å²) < 4.78 is 0. The van der Waals surface area contributed by atoms with Crippen LogP contribution in [0.25, 0.3) is 10.9 Å².